The number of furan rings is 1. The van der Waals surface area contributed by atoms with Crippen molar-refractivity contribution in [3.63, 3.8) is 0 Å². The number of aliphatic hydroxyl groups is 1. The second-order valence-corrected chi connectivity index (χ2v) is 6.14. The van der Waals surface area contributed by atoms with Crippen molar-refractivity contribution in [2.75, 3.05) is 20.3 Å². The first-order valence-corrected chi connectivity index (χ1v) is 8.24. The first-order chi connectivity index (χ1) is 11.6. The van der Waals surface area contributed by atoms with Crippen LogP contribution in [0.15, 0.2) is 47.1 Å². The molecule has 0 aliphatic heterocycles. The van der Waals surface area contributed by atoms with Crippen LogP contribution in [0.4, 0.5) is 0 Å². The van der Waals surface area contributed by atoms with Crippen molar-refractivity contribution in [2.24, 2.45) is 0 Å². The number of hydrogen-bond donors (Lipinski definition) is 1. The molecule has 24 heavy (non-hydrogen) atoms. The van der Waals surface area contributed by atoms with Gasteiger partial charge in [0.1, 0.15) is 11.5 Å². The highest BCUT2D eigenvalue weighted by Crippen LogP contribution is 2.16. The van der Waals surface area contributed by atoms with E-state index in [4.69, 9.17) is 13.9 Å². The Hall–Kier alpha value is -1.82. The second-order valence-electron chi connectivity index (χ2n) is 6.14. The molecule has 1 atom stereocenters. The number of rotatable bonds is 10. The molecule has 1 N–H and O–H groups in total. The zero-order valence-corrected chi connectivity index (χ0v) is 14.6. The van der Waals surface area contributed by atoms with E-state index in [-0.39, 0.29) is 6.10 Å². The lowest BCUT2D eigenvalue weighted by Crippen LogP contribution is -2.34. The average molecular weight is 333 g/mol. The predicted molar refractivity (Wildman–Crippen MR) is 92.9 cm³/mol. The Morgan fingerprint density at radius 3 is 2.67 bits per heavy atom. The zero-order chi connectivity index (χ0) is 17.4. The molecule has 0 radical (unpaired) electrons. The highest BCUT2D eigenvalue weighted by atomic mass is 16.5. The van der Waals surface area contributed by atoms with E-state index in [1.807, 2.05) is 44.2 Å². The highest BCUT2D eigenvalue weighted by molar-refractivity contribution is 5.28. The summed E-state index contributed by atoms with van der Waals surface area (Å²) in [7, 11) is 1.66. The molecule has 1 aromatic heterocycles. The fourth-order valence-corrected chi connectivity index (χ4v) is 2.49. The summed E-state index contributed by atoms with van der Waals surface area (Å²) < 4.78 is 16.2. The Morgan fingerprint density at radius 1 is 1.17 bits per heavy atom. The van der Waals surface area contributed by atoms with Gasteiger partial charge < -0.3 is 19.0 Å². The first kappa shape index (κ1) is 18.5. The minimum absolute atomic E-state index is 0.108. The summed E-state index contributed by atoms with van der Waals surface area (Å²) in [4.78, 5) is 2.14. The molecule has 0 aliphatic rings. The number of benzene rings is 1. The molecule has 0 bridgehead atoms. The lowest BCUT2D eigenvalue weighted by Gasteiger charge is -2.25. The largest absolute Gasteiger partial charge is 0.497 e. The van der Waals surface area contributed by atoms with Crippen LogP contribution >= 0.6 is 0 Å². The summed E-state index contributed by atoms with van der Waals surface area (Å²) in [6, 6.07) is 11.8. The van der Waals surface area contributed by atoms with Crippen molar-refractivity contribution >= 4 is 0 Å². The van der Waals surface area contributed by atoms with Gasteiger partial charge in [0.05, 0.1) is 38.7 Å². The molecule has 0 spiro atoms. The molecule has 2 aromatic rings. The molecule has 0 aliphatic carbocycles. The summed E-state index contributed by atoms with van der Waals surface area (Å²) in [5, 5.41) is 10.3. The maximum absolute atomic E-state index is 10.3. The van der Waals surface area contributed by atoms with Crippen molar-refractivity contribution in [2.45, 2.75) is 39.1 Å². The Morgan fingerprint density at radius 2 is 2.00 bits per heavy atom. The molecule has 0 unspecified atom stereocenters. The summed E-state index contributed by atoms with van der Waals surface area (Å²) in [6.07, 6.45) is 1.22. The molecule has 1 aromatic carbocycles. The van der Waals surface area contributed by atoms with Crippen molar-refractivity contribution in [1.82, 2.24) is 4.90 Å². The van der Waals surface area contributed by atoms with Gasteiger partial charge in [0.15, 0.2) is 0 Å². The first-order valence-electron chi connectivity index (χ1n) is 8.24. The fraction of sp³-hybridized carbons (Fsp3) is 0.474. The molecule has 132 valence electrons. The number of nitrogens with zero attached hydrogens (tertiary/aromatic N) is 1. The maximum Gasteiger partial charge on any atom is 0.119 e. The minimum Gasteiger partial charge on any atom is -0.497 e. The van der Waals surface area contributed by atoms with Crippen LogP contribution in [0.5, 0.6) is 5.75 Å². The standard InChI is InChI=1S/C19H27NO4/c1-15(2)24-14-17(21)12-20(13-19-8-5-9-23-19)11-16-6-4-7-18(10-16)22-3/h4-10,15,17,21H,11-14H2,1-3H3/t17-/m0/s1. The normalized spacial score (nSPS) is 12.8. The maximum atomic E-state index is 10.3. The molecule has 5 nitrogen and oxygen atoms in total. The Balaban J connectivity index is 2.01. The van der Waals surface area contributed by atoms with Crippen LogP contribution < -0.4 is 4.74 Å². The Bertz CT molecular complexity index is 583. The van der Waals surface area contributed by atoms with E-state index in [2.05, 4.69) is 11.0 Å². The number of hydrogen-bond acceptors (Lipinski definition) is 5. The van der Waals surface area contributed by atoms with E-state index in [9.17, 15) is 5.11 Å². The van der Waals surface area contributed by atoms with E-state index >= 15 is 0 Å². The topological polar surface area (TPSA) is 55.1 Å². The third-order valence-electron chi connectivity index (χ3n) is 3.59. The monoisotopic (exact) mass is 333 g/mol. The van der Waals surface area contributed by atoms with Crippen LogP contribution in [0.2, 0.25) is 0 Å². The number of methoxy groups -OCH3 is 1. The van der Waals surface area contributed by atoms with Crippen molar-refractivity contribution in [3.05, 3.63) is 54.0 Å². The lowest BCUT2D eigenvalue weighted by atomic mass is 10.2. The van der Waals surface area contributed by atoms with Gasteiger partial charge in [0.25, 0.3) is 0 Å². The van der Waals surface area contributed by atoms with Crippen LogP contribution in [-0.4, -0.2) is 42.5 Å². The molecule has 5 heteroatoms. The number of ether oxygens (including phenoxy) is 2. The van der Waals surface area contributed by atoms with E-state index in [0.29, 0.717) is 26.2 Å². The summed E-state index contributed by atoms with van der Waals surface area (Å²) in [6.45, 7) is 6.07. The predicted octanol–water partition coefficient (Wildman–Crippen LogP) is 3.08. The Labute approximate surface area is 143 Å². The summed E-state index contributed by atoms with van der Waals surface area (Å²) in [5.41, 5.74) is 1.12. The smallest absolute Gasteiger partial charge is 0.119 e. The van der Waals surface area contributed by atoms with Gasteiger partial charge in [-0.2, -0.15) is 0 Å². The quantitative estimate of drug-likeness (QED) is 0.724. The number of aliphatic hydroxyl groups excluding tert-OH is 1. The van der Waals surface area contributed by atoms with Gasteiger partial charge >= 0.3 is 0 Å². The SMILES string of the molecule is COc1cccc(CN(Cc2ccco2)C[C@H](O)COC(C)C)c1. The Kier molecular flexibility index (Phi) is 7.31. The van der Waals surface area contributed by atoms with E-state index in [1.54, 1.807) is 13.4 Å². The molecule has 2 rings (SSSR count). The van der Waals surface area contributed by atoms with Gasteiger partial charge in [0.2, 0.25) is 0 Å². The third-order valence-corrected chi connectivity index (χ3v) is 3.59. The third kappa shape index (κ3) is 6.35. The van der Waals surface area contributed by atoms with Gasteiger partial charge in [-0.25, -0.2) is 0 Å². The van der Waals surface area contributed by atoms with Gasteiger partial charge in [-0.15, -0.1) is 0 Å². The molecule has 1 heterocycles. The van der Waals surface area contributed by atoms with Crippen LogP contribution in [0.25, 0.3) is 0 Å². The van der Waals surface area contributed by atoms with Gasteiger partial charge in [-0.05, 0) is 43.7 Å². The van der Waals surface area contributed by atoms with Crippen molar-refractivity contribution in [3.8, 4) is 5.75 Å². The average Bonchev–Trinajstić information content (AvgIpc) is 3.06. The van der Waals surface area contributed by atoms with Crippen LogP contribution in [0.1, 0.15) is 25.2 Å². The fourth-order valence-electron chi connectivity index (χ4n) is 2.49. The molecular weight excluding hydrogens is 306 g/mol. The second kappa shape index (κ2) is 9.47. The van der Waals surface area contributed by atoms with Crippen molar-refractivity contribution < 1.29 is 19.0 Å². The van der Waals surface area contributed by atoms with E-state index in [1.165, 1.54) is 0 Å². The molecule has 0 fully saturated rings. The summed E-state index contributed by atoms with van der Waals surface area (Å²) in [5.74, 6) is 1.70. The minimum atomic E-state index is -0.548. The van der Waals surface area contributed by atoms with Crippen molar-refractivity contribution in [1.29, 1.82) is 0 Å². The van der Waals surface area contributed by atoms with Gasteiger partial charge in [0, 0.05) is 13.1 Å². The van der Waals surface area contributed by atoms with Crippen LogP contribution in [0, 0.1) is 0 Å². The van der Waals surface area contributed by atoms with E-state index < -0.39 is 6.10 Å². The van der Waals surface area contributed by atoms with Crippen LogP contribution in [-0.2, 0) is 17.8 Å². The zero-order valence-electron chi connectivity index (χ0n) is 14.6. The molecule has 0 saturated heterocycles. The van der Waals surface area contributed by atoms with Gasteiger partial charge in [-0.1, -0.05) is 12.1 Å². The summed E-state index contributed by atoms with van der Waals surface area (Å²) >= 11 is 0. The highest BCUT2D eigenvalue weighted by Gasteiger charge is 2.15. The van der Waals surface area contributed by atoms with Crippen LogP contribution in [0.3, 0.4) is 0 Å². The van der Waals surface area contributed by atoms with Gasteiger partial charge in [-0.3, -0.25) is 4.90 Å². The molecule has 0 saturated carbocycles. The lowest BCUT2D eigenvalue weighted by molar-refractivity contribution is -0.0114. The molecule has 0 amide bonds. The molecular formula is C19H27NO4. The van der Waals surface area contributed by atoms with E-state index in [0.717, 1.165) is 17.1 Å².